The first-order chi connectivity index (χ1) is 17.0. The van der Waals surface area contributed by atoms with Crippen LogP contribution in [0, 0.1) is 6.92 Å². The Morgan fingerprint density at radius 3 is 2.57 bits per heavy atom. The maximum atomic E-state index is 13.2. The summed E-state index contributed by atoms with van der Waals surface area (Å²) in [6.07, 6.45) is 6.70. The first kappa shape index (κ1) is 25.9. The largest absolute Gasteiger partial charge is 0.339 e. The van der Waals surface area contributed by atoms with Crippen molar-refractivity contribution in [1.82, 2.24) is 14.7 Å². The Bertz CT molecular complexity index is 1000. The number of carbonyl (C=O) groups excluding carboxylic acids is 2. The lowest BCUT2D eigenvalue weighted by Crippen LogP contribution is -2.55. The van der Waals surface area contributed by atoms with Crippen LogP contribution in [0.4, 0.5) is 0 Å². The molecular weight excluding hydrogens is 454 g/mol. The van der Waals surface area contributed by atoms with E-state index < -0.39 is 0 Å². The van der Waals surface area contributed by atoms with Gasteiger partial charge < -0.3 is 9.80 Å². The van der Waals surface area contributed by atoms with Crippen LogP contribution in [0.25, 0.3) is 0 Å². The van der Waals surface area contributed by atoms with Crippen LogP contribution < -0.4 is 0 Å². The minimum absolute atomic E-state index is 0.0921. The fourth-order valence-electron chi connectivity index (χ4n) is 5.67. The number of aryl methyl sites for hydroxylation is 1. The fourth-order valence-corrected chi connectivity index (χ4v) is 6.57. The number of fused-ring (bicyclic) bond motifs is 1. The molecule has 1 fully saturated rings. The predicted octanol–water partition coefficient (Wildman–Crippen LogP) is 5.42. The van der Waals surface area contributed by atoms with Crippen LogP contribution in [0.15, 0.2) is 35.7 Å². The highest BCUT2D eigenvalue weighted by molar-refractivity contribution is 7.10. The number of unbranched alkanes of at least 4 members (excludes halogenated alkanes) is 3. The number of amides is 2. The molecule has 0 aliphatic carbocycles. The van der Waals surface area contributed by atoms with Gasteiger partial charge in [-0.2, -0.15) is 0 Å². The summed E-state index contributed by atoms with van der Waals surface area (Å²) in [6, 6.07) is 11.2. The van der Waals surface area contributed by atoms with Crippen LogP contribution in [0.1, 0.15) is 80.0 Å². The Morgan fingerprint density at radius 2 is 1.80 bits per heavy atom. The quantitative estimate of drug-likeness (QED) is 0.436. The van der Waals surface area contributed by atoms with Crippen molar-refractivity contribution in [2.75, 3.05) is 32.7 Å². The van der Waals surface area contributed by atoms with Crippen LogP contribution in [0.3, 0.4) is 0 Å². The van der Waals surface area contributed by atoms with Gasteiger partial charge in [0.15, 0.2) is 0 Å². The molecule has 2 aromatic rings. The van der Waals surface area contributed by atoms with E-state index in [0.717, 1.165) is 32.4 Å². The van der Waals surface area contributed by atoms with Gasteiger partial charge in [0.1, 0.15) is 0 Å². The van der Waals surface area contributed by atoms with Gasteiger partial charge in [-0.15, -0.1) is 11.3 Å². The van der Waals surface area contributed by atoms with Gasteiger partial charge in [-0.1, -0.05) is 50.5 Å². The Kier molecular flexibility index (Phi) is 9.01. The van der Waals surface area contributed by atoms with Gasteiger partial charge in [-0.25, -0.2) is 0 Å². The molecule has 35 heavy (non-hydrogen) atoms. The highest BCUT2D eigenvalue weighted by Crippen LogP contribution is 2.38. The molecule has 2 amide bonds. The SMILES string of the molecule is CCCCCCC(=O)N1CCN(C(=O)CCN2CCc3sccc3[C@@H]2c2ccccc2C)C[C@H]1C. The van der Waals surface area contributed by atoms with Crippen LogP contribution in [0.2, 0.25) is 0 Å². The van der Waals surface area contributed by atoms with E-state index in [4.69, 9.17) is 0 Å². The minimum Gasteiger partial charge on any atom is -0.339 e. The standard InChI is InChI=1S/C29H41N3O2S/c1-4-5-6-7-12-28(34)32-19-18-31(21-23(32)3)27(33)14-17-30-16-13-26-25(15-20-35-26)29(30)24-11-9-8-10-22(24)2/h8-11,15,20,23,29H,4-7,12-14,16-19,21H2,1-3H3/t23-,29+/m1/s1. The zero-order valence-corrected chi connectivity index (χ0v) is 22.5. The summed E-state index contributed by atoms with van der Waals surface area (Å²) < 4.78 is 0. The molecule has 1 aromatic carbocycles. The van der Waals surface area contributed by atoms with Crippen molar-refractivity contribution in [3.8, 4) is 0 Å². The number of rotatable bonds is 9. The number of hydrogen-bond donors (Lipinski definition) is 0. The fraction of sp³-hybridized carbons (Fsp3) is 0.586. The summed E-state index contributed by atoms with van der Waals surface area (Å²) in [5.74, 6) is 0.466. The molecule has 4 rings (SSSR count). The van der Waals surface area contributed by atoms with Gasteiger partial charge in [0, 0.05) is 56.5 Å². The average Bonchev–Trinajstić information content (AvgIpc) is 3.34. The summed E-state index contributed by atoms with van der Waals surface area (Å²) in [5, 5.41) is 2.20. The second kappa shape index (κ2) is 12.2. The van der Waals surface area contributed by atoms with E-state index in [1.165, 1.54) is 34.4 Å². The number of nitrogens with zero attached hydrogens (tertiary/aromatic N) is 3. The second-order valence-electron chi connectivity index (χ2n) is 10.2. The molecule has 5 nitrogen and oxygen atoms in total. The zero-order chi connectivity index (χ0) is 24.8. The molecule has 2 aliphatic rings. The lowest BCUT2D eigenvalue weighted by Gasteiger charge is -2.41. The second-order valence-corrected chi connectivity index (χ2v) is 11.2. The van der Waals surface area contributed by atoms with Gasteiger partial charge in [-0.3, -0.25) is 14.5 Å². The number of thiophene rings is 1. The van der Waals surface area contributed by atoms with E-state index in [-0.39, 0.29) is 23.9 Å². The van der Waals surface area contributed by atoms with Gasteiger partial charge >= 0.3 is 0 Å². The van der Waals surface area contributed by atoms with Gasteiger partial charge in [-0.05, 0) is 54.8 Å². The molecule has 3 heterocycles. The Labute approximate surface area is 215 Å². The van der Waals surface area contributed by atoms with E-state index in [0.29, 0.717) is 32.5 Å². The monoisotopic (exact) mass is 495 g/mol. The molecule has 2 atom stereocenters. The number of carbonyl (C=O) groups is 2. The molecule has 6 heteroatoms. The molecule has 2 aliphatic heterocycles. The smallest absolute Gasteiger partial charge is 0.223 e. The van der Waals surface area contributed by atoms with E-state index in [1.807, 2.05) is 21.1 Å². The maximum Gasteiger partial charge on any atom is 0.223 e. The summed E-state index contributed by atoms with van der Waals surface area (Å²) >= 11 is 1.85. The Morgan fingerprint density at radius 1 is 0.971 bits per heavy atom. The molecule has 1 aromatic heterocycles. The van der Waals surface area contributed by atoms with E-state index in [9.17, 15) is 9.59 Å². The van der Waals surface area contributed by atoms with Crippen LogP contribution in [-0.4, -0.2) is 65.3 Å². The third kappa shape index (κ3) is 6.15. The Balaban J connectivity index is 1.33. The van der Waals surface area contributed by atoms with Crippen molar-refractivity contribution >= 4 is 23.2 Å². The van der Waals surface area contributed by atoms with Crippen LogP contribution in [0.5, 0.6) is 0 Å². The summed E-state index contributed by atoms with van der Waals surface area (Å²) in [5.41, 5.74) is 4.05. The molecule has 190 valence electrons. The predicted molar refractivity (Wildman–Crippen MR) is 144 cm³/mol. The topological polar surface area (TPSA) is 43.9 Å². The van der Waals surface area contributed by atoms with Crippen molar-refractivity contribution in [3.63, 3.8) is 0 Å². The average molecular weight is 496 g/mol. The highest BCUT2D eigenvalue weighted by atomic mass is 32.1. The molecule has 0 spiro atoms. The van der Waals surface area contributed by atoms with Gasteiger partial charge in [0.05, 0.1) is 6.04 Å². The summed E-state index contributed by atoms with van der Waals surface area (Å²) in [4.78, 5) is 33.8. The number of piperazine rings is 1. The lowest BCUT2D eigenvalue weighted by atomic mass is 9.90. The maximum absolute atomic E-state index is 13.2. The first-order valence-electron chi connectivity index (χ1n) is 13.4. The minimum atomic E-state index is 0.0921. The summed E-state index contributed by atoms with van der Waals surface area (Å²) in [7, 11) is 0. The number of benzene rings is 1. The first-order valence-corrected chi connectivity index (χ1v) is 14.3. The van der Waals surface area contributed by atoms with Crippen molar-refractivity contribution in [2.45, 2.75) is 77.8 Å². The lowest BCUT2D eigenvalue weighted by molar-refractivity contribution is -0.142. The van der Waals surface area contributed by atoms with Crippen molar-refractivity contribution in [2.24, 2.45) is 0 Å². The zero-order valence-electron chi connectivity index (χ0n) is 21.7. The molecule has 0 N–H and O–H groups in total. The van der Waals surface area contributed by atoms with Crippen LogP contribution >= 0.6 is 11.3 Å². The van der Waals surface area contributed by atoms with E-state index >= 15 is 0 Å². The third-order valence-electron chi connectivity index (χ3n) is 7.71. The molecule has 1 saturated heterocycles. The Hall–Kier alpha value is -2.18. The van der Waals surface area contributed by atoms with Crippen LogP contribution in [-0.2, 0) is 16.0 Å². The molecule has 0 saturated carbocycles. The molecule has 0 bridgehead atoms. The number of hydrogen-bond acceptors (Lipinski definition) is 4. The van der Waals surface area contributed by atoms with E-state index in [2.05, 4.69) is 61.4 Å². The molecular formula is C29H41N3O2S. The third-order valence-corrected chi connectivity index (χ3v) is 8.70. The van der Waals surface area contributed by atoms with Crippen molar-refractivity contribution < 1.29 is 9.59 Å². The normalized spacial score (nSPS) is 20.7. The molecule has 0 radical (unpaired) electrons. The molecule has 0 unspecified atom stereocenters. The van der Waals surface area contributed by atoms with Crippen molar-refractivity contribution in [3.05, 3.63) is 57.3 Å². The van der Waals surface area contributed by atoms with Crippen molar-refractivity contribution in [1.29, 1.82) is 0 Å². The summed E-state index contributed by atoms with van der Waals surface area (Å²) in [6.45, 7) is 10.2. The van der Waals surface area contributed by atoms with Gasteiger partial charge in [0.2, 0.25) is 11.8 Å². The van der Waals surface area contributed by atoms with Gasteiger partial charge in [0.25, 0.3) is 0 Å². The highest BCUT2D eigenvalue weighted by Gasteiger charge is 2.32. The van der Waals surface area contributed by atoms with E-state index in [1.54, 1.807) is 0 Å².